The van der Waals surface area contributed by atoms with Crippen molar-refractivity contribution in [1.82, 2.24) is 4.90 Å². The van der Waals surface area contributed by atoms with Gasteiger partial charge in [-0.2, -0.15) is 10.5 Å². The summed E-state index contributed by atoms with van der Waals surface area (Å²) in [6.07, 6.45) is 0. The molecule has 20 heavy (non-hydrogen) atoms. The van der Waals surface area contributed by atoms with E-state index in [4.69, 9.17) is 0 Å². The first-order chi connectivity index (χ1) is 9.49. The highest BCUT2D eigenvalue weighted by atomic mass is 15.3. The summed E-state index contributed by atoms with van der Waals surface area (Å²) in [5.74, 6) is 0. The van der Waals surface area contributed by atoms with Gasteiger partial charge in [-0.3, -0.25) is 4.90 Å². The van der Waals surface area contributed by atoms with Crippen molar-refractivity contribution in [2.45, 2.75) is 26.3 Å². The number of hydrogen-bond acceptors (Lipinski definition) is 4. The van der Waals surface area contributed by atoms with Crippen LogP contribution in [-0.2, 0) is 0 Å². The maximum Gasteiger partial charge on any atom is 0.103 e. The van der Waals surface area contributed by atoms with Gasteiger partial charge in [-0.15, -0.1) is 0 Å². The zero-order valence-corrected chi connectivity index (χ0v) is 12.3. The van der Waals surface area contributed by atoms with E-state index in [0.29, 0.717) is 0 Å². The van der Waals surface area contributed by atoms with Crippen LogP contribution in [0.3, 0.4) is 0 Å². The van der Waals surface area contributed by atoms with Crippen molar-refractivity contribution in [2.24, 2.45) is 0 Å². The second-order valence-electron chi connectivity index (χ2n) is 5.73. The number of nitriles is 2. The average Bonchev–Trinajstić information content (AvgIpc) is 2.47. The Morgan fingerprint density at radius 1 is 1.10 bits per heavy atom. The van der Waals surface area contributed by atoms with E-state index >= 15 is 0 Å². The third kappa shape index (κ3) is 2.61. The molecule has 0 amide bonds. The lowest BCUT2D eigenvalue weighted by Gasteiger charge is -2.42. The lowest BCUT2D eigenvalue weighted by Crippen LogP contribution is -2.54. The second-order valence-corrected chi connectivity index (χ2v) is 5.73. The zero-order chi connectivity index (χ0) is 14.8. The first-order valence-corrected chi connectivity index (χ1v) is 6.90. The van der Waals surface area contributed by atoms with Gasteiger partial charge in [0.25, 0.3) is 0 Å². The first kappa shape index (κ1) is 14.4. The topological polar surface area (TPSA) is 54.1 Å². The molecular formula is C16H20N4. The fourth-order valence-corrected chi connectivity index (χ4v) is 2.73. The van der Waals surface area contributed by atoms with E-state index in [1.165, 1.54) is 0 Å². The molecule has 1 saturated heterocycles. The summed E-state index contributed by atoms with van der Waals surface area (Å²) in [7, 11) is 0. The van der Waals surface area contributed by atoms with E-state index in [1.807, 2.05) is 39.0 Å². The Balaban J connectivity index is 2.17. The van der Waals surface area contributed by atoms with E-state index in [1.54, 1.807) is 0 Å². The predicted molar refractivity (Wildman–Crippen MR) is 79.4 cm³/mol. The third-order valence-electron chi connectivity index (χ3n) is 4.02. The highest BCUT2D eigenvalue weighted by Crippen LogP contribution is 2.27. The van der Waals surface area contributed by atoms with Crippen molar-refractivity contribution in [3.63, 3.8) is 0 Å². The molecular weight excluding hydrogens is 248 g/mol. The summed E-state index contributed by atoms with van der Waals surface area (Å²) < 4.78 is 0. The summed E-state index contributed by atoms with van der Waals surface area (Å²) in [5, 5.41) is 18.5. The zero-order valence-electron chi connectivity index (χ0n) is 12.3. The molecule has 0 aliphatic carbocycles. The number of benzene rings is 1. The van der Waals surface area contributed by atoms with Crippen LogP contribution in [0.4, 0.5) is 5.69 Å². The molecule has 104 valence electrons. The lowest BCUT2D eigenvalue weighted by atomic mass is 10.0. The van der Waals surface area contributed by atoms with E-state index in [9.17, 15) is 10.5 Å². The molecule has 1 fully saturated rings. The predicted octanol–water partition coefficient (Wildman–Crippen LogP) is 2.29. The maximum atomic E-state index is 9.26. The molecule has 1 aromatic carbocycles. The number of hydrogen-bond donors (Lipinski definition) is 0. The van der Waals surface area contributed by atoms with Crippen LogP contribution >= 0.6 is 0 Å². The second kappa shape index (κ2) is 5.53. The lowest BCUT2D eigenvalue weighted by molar-refractivity contribution is 0.158. The van der Waals surface area contributed by atoms with Crippen molar-refractivity contribution in [2.75, 3.05) is 31.1 Å². The van der Waals surface area contributed by atoms with Gasteiger partial charge in [-0.05, 0) is 32.4 Å². The Morgan fingerprint density at radius 3 is 2.30 bits per heavy atom. The van der Waals surface area contributed by atoms with E-state index in [0.717, 1.165) is 43.0 Å². The molecule has 0 bridgehead atoms. The molecule has 0 saturated carbocycles. The summed E-state index contributed by atoms with van der Waals surface area (Å²) >= 11 is 0. The number of para-hydroxylation sites is 1. The molecule has 0 atom stereocenters. The van der Waals surface area contributed by atoms with Crippen LogP contribution in [0.25, 0.3) is 0 Å². The number of rotatable bonds is 2. The molecule has 0 aromatic heterocycles. The van der Waals surface area contributed by atoms with Crippen molar-refractivity contribution >= 4 is 5.69 Å². The van der Waals surface area contributed by atoms with E-state index in [-0.39, 0.29) is 0 Å². The van der Waals surface area contributed by atoms with Gasteiger partial charge < -0.3 is 4.90 Å². The van der Waals surface area contributed by atoms with Crippen LogP contribution in [0.2, 0.25) is 0 Å². The number of piperazine rings is 1. The van der Waals surface area contributed by atoms with Gasteiger partial charge in [0.2, 0.25) is 0 Å². The monoisotopic (exact) mass is 268 g/mol. The fourth-order valence-electron chi connectivity index (χ4n) is 2.73. The van der Waals surface area contributed by atoms with Crippen LogP contribution in [0.1, 0.15) is 25.0 Å². The molecule has 0 N–H and O–H groups in total. The van der Waals surface area contributed by atoms with Gasteiger partial charge in [0.15, 0.2) is 0 Å². The molecule has 2 rings (SSSR count). The van der Waals surface area contributed by atoms with E-state index in [2.05, 4.69) is 21.9 Å². The van der Waals surface area contributed by atoms with Crippen LogP contribution < -0.4 is 4.90 Å². The molecule has 1 heterocycles. The van der Waals surface area contributed by atoms with Crippen LogP contribution in [0.15, 0.2) is 18.2 Å². The van der Waals surface area contributed by atoms with Crippen molar-refractivity contribution in [1.29, 1.82) is 10.5 Å². The largest absolute Gasteiger partial charge is 0.368 e. The molecule has 4 nitrogen and oxygen atoms in total. The average molecular weight is 268 g/mol. The van der Waals surface area contributed by atoms with Crippen LogP contribution in [-0.4, -0.2) is 36.6 Å². The van der Waals surface area contributed by atoms with Crippen LogP contribution in [0.5, 0.6) is 0 Å². The smallest absolute Gasteiger partial charge is 0.103 e. The first-order valence-electron chi connectivity index (χ1n) is 6.90. The Morgan fingerprint density at radius 2 is 1.75 bits per heavy atom. The summed E-state index contributed by atoms with van der Waals surface area (Å²) in [4.78, 5) is 4.46. The normalized spacial score (nSPS) is 16.6. The van der Waals surface area contributed by atoms with Crippen LogP contribution in [0, 0.1) is 29.6 Å². The Bertz CT molecular complexity index is 569. The van der Waals surface area contributed by atoms with Crippen molar-refractivity contribution < 1.29 is 0 Å². The number of aryl methyl sites for hydroxylation is 1. The van der Waals surface area contributed by atoms with Gasteiger partial charge in [0, 0.05) is 26.2 Å². The minimum Gasteiger partial charge on any atom is -0.368 e. The Hall–Kier alpha value is -2.04. The van der Waals surface area contributed by atoms with Gasteiger partial charge >= 0.3 is 0 Å². The highest BCUT2D eigenvalue weighted by molar-refractivity contribution is 5.64. The van der Waals surface area contributed by atoms with Gasteiger partial charge in [-0.25, -0.2) is 0 Å². The highest BCUT2D eigenvalue weighted by Gasteiger charge is 2.30. The van der Waals surface area contributed by atoms with Crippen molar-refractivity contribution in [3.8, 4) is 12.1 Å². The number of anilines is 1. The minimum atomic E-state index is -0.421. The fraction of sp³-hybridized carbons (Fsp3) is 0.500. The summed E-state index contributed by atoms with van der Waals surface area (Å²) in [6, 6.07) is 10.5. The molecule has 0 spiro atoms. The summed E-state index contributed by atoms with van der Waals surface area (Å²) in [6.45, 7) is 9.35. The Kier molecular flexibility index (Phi) is 3.97. The number of nitrogens with zero attached hydrogens (tertiary/aromatic N) is 4. The standard InChI is InChI=1S/C16H20N4/c1-13-5-4-6-14(11-17)15(13)19-7-9-20(10-8-19)16(2,3)12-18/h4-6H,7-10H2,1-3H3. The van der Waals surface area contributed by atoms with Gasteiger partial charge in [0.1, 0.15) is 11.6 Å². The Labute approximate surface area is 120 Å². The maximum absolute atomic E-state index is 9.26. The molecule has 1 aliphatic heterocycles. The quantitative estimate of drug-likeness (QED) is 0.826. The van der Waals surface area contributed by atoms with E-state index < -0.39 is 5.54 Å². The van der Waals surface area contributed by atoms with Gasteiger partial charge in [-0.1, -0.05) is 12.1 Å². The molecule has 0 unspecified atom stereocenters. The van der Waals surface area contributed by atoms with Crippen molar-refractivity contribution in [3.05, 3.63) is 29.3 Å². The summed E-state index contributed by atoms with van der Waals surface area (Å²) in [5.41, 5.74) is 2.50. The third-order valence-corrected chi connectivity index (χ3v) is 4.02. The molecule has 0 radical (unpaired) electrons. The molecule has 1 aromatic rings. The minimum absolute atomic E-state index is 0.421. The SMILES string of the molecule is Cc1cccc(C#N)c1N1CCN(C(C)(C)C#N)CC1. The molecule has 4 heteroatoms. The van der Waals surface area contributed by atoms with Gasteiger partial charge in [0.05, 0.1) is 17.3 Å². The molecule has 1 aliphatic rings.